The first-order valence-corrected chi connectivity index (χ1v) is 39.9. The van der Waals surface area contributed by atoms with Crippen LogP contribution in [0.25, 0.3) is 0 Å². The minimum absolute atomic E-state index is 0.0398. The molecule has 0 aromatic heterocycles. The van der Waals surface area contributed by atoms with Gasteiger partial charge < -0.3 is 28.4 Å². The van der Waals surface area contributed by atoms with Gasteiger partial charge >= 0.3 is 0 Å². The molecule has 3 rings (SSSR count). The molecule has 3 saturated heterocycles. The van der Waals surface area contributed by atoms with Crippen LogP contribution in [0.15, 0.2) is 4.99 Å². The third-order valence-electron chi connectivity index (χ3n) is 13.3. The second-order valence-electron chi connectivity index (χ2n) is 21.2. The van der Waals surface area contributed by atoms with Crippen molar-refractivity contribution in [1.29, 1.82) is 0 Å². The molecule has 0 radical (unpaired) electrons. The molecule has 0 saturated carbocycles. The molecule has 15 atom stereocenters. The van der Waals surface area contributed by atoms with Crippen LogP contribution in [-0.4, -0.2) is 214 Å². The highest BCUT2D eigenvalue weighted by Crippen LogP contribution is 2.48. The van der Waals surface area contributed by atoms with E-state index in [0.717, 1.165) is 141 Å². The van der Waals surface area contributed by atoms with Crippen molar-refractivity contribution in [2.45, 2.75) is 205 Å². The lowest BCUT2D eigenvalue weighted by Gasteiger charge is -2.45. The van der Waals surface area contributed by atoms with Gasteiger partial charge in [-0.3, -0.25) is 57.5 Å². The first-order chi connectivity index (χ1) is 41.9. The number of isothiocyanates is 1. The van der Waals surface area contributed by atoms with Crippen molar-refractivity contribution in [3.63, 3.8) is 0 Å². The summed E-state index contributed by atoms with van der Waals surface area (Å²) in [7, 11) is 0. The van der Waals surface area contributed by atoms with Crippen molar-refractivity contribution in [3.05, 3.63) is 0 Å². The average Bonchev–Trinajstić information content (AvgIpc) is 1.95. The zero-order valence-electron chi connectivity index (χ0n) is 52.1. The van der Waals surface area contributed by atoms with Gasteiger partial charge in [-0.15, -0.1) is 0 Å². The third-order valence-corrected chi connectivity index (χ3v) is 27.9. The Hall–Kier alpha value is -0.200. The molecule has 0 bridgehead atoms. The fourth-order valence-electron chi connectivity index (χ4n) is 10.1. The smallest absolute Gasteiger partial charge is 0.186 e. The average molecular weight is 1490 g/mol. The number of thioether (sulfide) groups is 12. The van der Waals surface area contributed by atoms with Crippen LogP contribution >= 0.6 is 153 Å². The van der Waals surface area contributed by atoms with E-state index in [1.807, 2.05) is 0 Å². The number of hydrogen-bond donors (Lipinski definition) is 0. The molecule has 19 nitrogen and oxygen atoms in total. The fourth-order valence-corrected chi connectivity index (χ4v) is 24.0. The summed E-state index contributed by atoms with van der Waals surface area (Å²) in [6.45, 7) is 18.0. The van der Waals surface area contributed by atoms with Gasteiger partial charge in [0.05, 0.1) is 105 Å². The van der Waals surface area contributed by atoms with E-state index in [1.165, 1.54) is 83.1 Å². The summed E-state index contributed by atoms with van der Waals surface area (Å²) in [5, 5.41) is -4.26. The van der Waals surface area contributed by atoms with Gasteiger partial charge in [-0.2, -0.15) is 0 Å². The van der Waals surface area contributed by atoms with Crippen LogP contribution in [0.5, 0.6) is 0 Å². The minimum Gasteiger partial charge on any atom is -0.381 e. The Morgan fingerprint density at radius 3 is 0.764 bits per heavy atom. The highest BCUT2D eigenvalue weighted by molar-refractivity contribution is 8.21. The molecule has 3 heterocycles. The van der Waals surface area contributed by atoms with Gasteiger partial charge in [-0.25, -0.2) is 4.99 Å². The number of carbonyl (C=O) groups excluding carboxylic acids is 12. The largest absolute Gasteiger partial charge is 0.381 e. The number of hydrogen-bond acceptors (Lipinski definition) is 32. The van der Waals surface area contributed by atoms with E-state index in [-0.39, 0.29) is 125 Å². The lowest BCUT2D eigenvalue weighted by atomic mass is 9.91. The van der Waals surface area contributed by atoms with Crippen molar-refractivity contribution in [3.8, 4) is 0 Å². The lowest BCUT2D eigenvalue weighted by Crippen LogP contribution is -2.55. The summed E-state index contributed by atoms with van der Waals surface area (Å²) in [5.41, 5.74) is -0.983. The van der Waals surface area contributed by atoms with E-state index in [4.69, 9.17) is 40.6 Å². The Labute approximate surface area is 580 Å². The Morgan fingerprint density at radius 2 is 0.562 bits per heavy atom. The molecule has 32 heteroatoms. The summed E-state index contributed by atoms with van der Waals surface area (Å²) >= 11 is 17.8. The summed E-state index contributed by atoms with van der Waals surface area (Å²) in [5.74, 6) is 0.714. The third kappa shape index (κ3) is 31.7. The van der Waals surface area contributed by atoms with Gasteiger partial charge in [0.15, 0.2) is 61.4 Å². The van der Waals surface area contributed by atoms with E-state index in [0.29, 0.717) is 38.5 Å². The fraction of sp³-hybridized carbons (Fsp3) is 0.772. The maximum absolute atomic E-state index is 12.8. The van der Waals surface area contributed by atoms with Crippen LogP contribution < -0.4 is 0 Å². The minimum atomic E-state index is -0.983. The second kappa shape index (κ2) is 43.9. The summed E-state index contributed by atoms with van der Waals surface area (Å²) < 4.78 is 39.6. The molecule has 0 aromatic rings. The van der Waals surface area contributed by atoms with E-state index >= 15 is 0 Å². The van der Waals surface area contributed by atoms with Gasteiger partial charge in [-0.05, 0) is 50.7 Å². The second-order valence-corrected chi connectivity index (χ2v) is 37.2. The number of carbonyl (C=O) groups is 12. The van der Waals surface area contributed by atoms with Gasteiger partial charge in [0, 0.05) is 136 Å². The quantitative estimate of drug-likeness (QED) is 0.0324. The molecule has 3 aliphatic heterocycles. The number of rotatable bonds is 35. The monoisotopic (exact) mass is 1490 g/mol. The molecule has 3 aliphatic rings. The van der Waals surface area contributed by atoms with Crippen molar-refractivity contribution < 1.29 is 86.0 Å². The molecule has 0 aromatic carbocycles. The highest BCUT2D eigenvalue weighted by atomic mass is 32.2. The van der Waals surface area contributed by atoms with Crippen LogP contribution in [0.4, 0.5) is 0 Å². The van der Waals surface area contributed by atoms with E-state index in [2.05, 4.69) is 10.2 Å². The Kier molecular flexibility index (Phi) is 40.9. The lowest BCUT2D eigenvalue weighted by molar-refractivity contribution is -0.110. The first-order valence-electron chi connectivity index (χ1n) is 28.6. The van der Waals surface area contributed by atoms with Gasteiger partial charge in [-0.1, -0.05) is 141 Å². The molecule has 502 valence electrons. The summed E-state index contributed by atoms with van der Waals surface area (Å²) in [6, 6.07) is 0. The molecular weight excluding hydrogens is 1400 g/mol. The Bertz CT molecular complexity index is 2250. The first kappa shape index (κ1) is 83.0. The Balaban J connectivity index is 1.97. The number of thiocarbonyl (C=S) groups is 1. The van der Waals surface area contributed by atoms with Crippen molar-refractivity contribution >= 4 is 220 Å². The standard InChI is InChI=1S/C57H83NO18S13/c1-30(59)78-22-45-51(84-36(7)65)54(87-39(10)68)48(81-33(4)62)42(74-45)16-13-19-71-26-57(25-58-29-77,27-72-20-14-17-43-49(82-34(5)63)55(88-40(11)69)52(85-37(8)66)46(75-43)23-79-31(2)60)28-73-21-15-18-44-50(83-35(6)64)56(89-41(12)70)53(86-38(9)67)47(76-44)24-80-32(3)61/h42-56H,13-28H2,1-12H3/t42-,43-,44-,45+,46+,47+,48-,49+,50+,51+,52+,53+,54-,55-,56-/m0/s1. The maximum atomic E-state index is 12.8. The van der Waals surface area contributed by atoms with Gasteiger partial charge in [0.2, 0.25) is 0 Å². The maximum Gasteiger partial charge on any atom is 0.186 e. The zero-order valence-corrected chi connectivity index (χ0v) is 62.7. The van der Waals surface area contributed by atoms with Crippen molar-refractivity contribution in [1.82, 2.24) is 0 Å². The number of ether oxygens (including phenoxy) is 6. The van der Waals surface area contributed by atoms with E-state index < -0.39 is 89.3 Å². The molecular formula is C57H83NO18S13. The number of nitrogens with zero attached hydrogens (tertiary/aromatic N) is 1. The van der Waals surface area contributed by atoms with E-state index in [1.54, 1.807) is 0 Å². The van der Waals surface area contributed by atoms with Crippen molar-refractivity contribution in [2.24, 2.45) is 10.4 Å². The number of aliphatic imine (C=N–C) groups is 1. The van der Waals surface area contributed by atoms with Crippen LogP contribution in [0.1, 0.15) is 122 Å². The molecule has 0 N–H and O–H groups in total. The molecule has 0 unspecified atom stereocenters. The SMILES string of the molecule is CC(=O)SC[C@H]1O[C@@H](CCCOCC(CN=C=S)(COCCC[C@@H]2O[C@H](CSC(C)=O)[C@@H](SC(C)=O)[C@@H](SC(C)=O)[C@@H]2SC(C)=O)COCCC[C@@H]2O[C@H](CSC(C)=O)[C@@H](SC(C)=O)[C@@H](SC(C)=O)[C@@H]2SC(C)=O)[C@H](SC(C)=O)[C@H](SC(C)=O)[C@@H]1SC(C)=O. The topological polar surface area (TPSA) is 273 Å². The summed E-state index contributed by atoms with van der Waals surface area (Å²) in [6.07, 6.45) is -1.08. The summed E-state index contributed by atoms with van der Waals surface area (Å²) in [4.78, 5) is 156. The predicted octanol–water partition coefficient (Wildman–Crippen LogP) is 10.4. The van der Waals surface area contributed by atoms with Crippen molar-refractivity contribution in [2.75, 3.05) is 63.4 Å². The van der Waals surface area contributed by atoms with Crippen LogP contribution in [-0.2, 0) is 86.0 Å². The molecule has 89 heavy (non-hydrogen) atoms. The Morgan fingerprint density at radius 1 is 0.348 bits per heavy atom. The molecule has 3 fully saturated rings. The molecule has 0 aliphatic carbocycles. The zero-order chi connectivity index (χ0) is 66.5. The van der Waals surface area contributed by atoms with Crippen LogP contribution in [0, 0.1) is 5.41 Å². The van der Waals surface area contributed by atoms with E-state index in [9.17, 15) is 57.5 Å². The van der Waals surface area contributed by atoms with Crippen LogP contribution in [0.2, 0.25) is 0 Å². The van der Waals surface area contributed by atoms with Gasteiger partial charge in [0.25, 0.3) is 0 Å². The van der Waals surface area contributed by atoms with Gasteiger partial charge in [0.1, 0.15) is 0 Å². The molecule has 0 amide bonds. The highest BCUT2D eigenvalue weighted by Gasteiger charge is 2.51. The molecule has 0 spiro atoms. The normalized spacial score (nSPS) is 27.0. The van der Waals surface area contributed by atoms with Crippen LogP contribution in [0.3, 0.4) is 0 Å². The predicted molar refractivity (Wildman–Crippen MR) is 376 cm³/mol.